The molecule has 0 bridgehead atoms. The molecule has 1 aromatic carbocycles. The zero-order valence-corrected chi connectivity index (χ0v) is 14.3. The van der Waals surface area contributed by atoms with Crippen molar-refractivity contribution in [2.45, 2.75) is 58.0 Å². The summed E-state index contributed by atoms with van der Waals surface area (Å²) in [5, 5.41) is 11.4. The van der Waals surface area contributed by atoms with Crippen LogP contribution in [0.2, 0.25) is 0 Å². The Balaban J connectivity index is 2.00. The van der Waals surface area contributed by atoms with Crippen LogP contribution in [0.1, 0.15) is 57.9 Å². The first kappa shape index (κ1) is 18.2. The van der Waals surface area contributed by atoms with Crippen molar-refractivity contribution in [2.24, 2.45) is 5.92 Å². The summed E-state index contributed by atoms with van der Waals surface area (Å²) >= 11 is 0. The molecule has 24 heavy (non-hydrogen) atoms. The van der Waals surface area contributed by atoms with Crippen LogP contribution in [-0.4, -0.2) is 22.8 Å². The molecule has 0 aromatic heterocycles. The van der Waals surface area contributed by atoms with Gasteiger partial charge in [-0.05, 0) is 70.1 Å². The Labute approximate surface area is 141 Å². The van der Waals surface area contributed by atoms with E-state index >= 15 is 0 Å². The van der Waals surface area contributed by atoms with Crippen molar-refractivity contribution < 1.29 is 23.8 Å². The molecule has 0 saturated heterocycles. The van der Waals surface area contributed by atoms with E-state index in [-0.39, 0.29) is 17.5 Å². The fourth-order valence-corrected chi connectivity index (χ4v) is 2.97. The van der Waals surface area contributed by atoms with Crippen molar-refractivity contribution in [2.75, 3.05) is 5.32 Å². The second-order valence-electron chi connectivity index (χ2n) is 7.25. The fraction of sp³-hybridized carbons (Fsp3) is 0.556. The third-order valence-electron chi connectivity index (χ3n) is 4.18. The van der Waals surface area contributed by atoms with Gasteiger partial charge in [0.15, 0.2) is 0 Å². The maximum Gasteiger partial charge on any atom is 0.412 e. The minimum Gasteiger partial charge on any atom is -0.481 e. The maximum absolute atomic E-state index is 14.2. The second-order valence-corrected chi connectivity index (χ2v) is 7.25. The molecule has 0 atom stereocenters. The first-order valence-electron chi connectivity index (χ1n) is 8.18. The molecule has 1 amide bonds. The lowest BCUT2D eigenvalue weighted by Gasteiger charge is -2.26. The van der Waals surface area contributed by atoms with Gasteiger partial charge in [0.1, 0.15) is 11.4 Å². The van der Waals surface area contributed by atoms with Crippen molar-refractivity contribution in [3.05, 3.63) is 29.6 Å². The molecule has 0 radical (unpaired) electrons. The number of anilines is 1. The molecule has 6 heteroatoms. The van der Waals surface area contributed by atoms with E-state index in [9.17, 15) is 14.0 Å². The minimum atomic E-state index is -0.753. The number of carboxylic acid groups (broad SMARTS) is 1. The van der Waals surface area contributed by atoms with Gasteiger partial charge in [0.25, 0.3) is 0 Å². The SMILES string of the molecule is CC(C)(C)OC(=O)Nc1ccc(C2CCC(C(=O)O)CC2)cc1F. The lowest BCUT2D eigenvalue weighted by Crippen LogP contribution is -2.27. The summed E-state index contributed by atoms with van der Waals surface area (Å²) in [7, 11) is 0. The van der Waals surface area contributed by atoms with E-state index in [1.807, 2.05) is 0 Å². The number of amides is 1. The van der Waals surface area contributed by atoms with Gasteiger partial charge in [0, 0.05) is 0 Å². The van der Waals surface area contributed by atoms with Gasteiger partial charge >= 0.3 is 12.1 Å². The van der Waals surface area contributed by atoms with E-state index in [4.69, 9.17) is 9.84 Å². The summed E-state index contributed by atoms with van der Waals surface area (Å²) < 4.78 is 19.3. The standard InChI is InChI=1S/C18H24FNO4/c1-18(2,3)24-17(23)20-15-9-8-13(10-14(15)19)11-4-6-12(7-5-11)16(21)22/h8-12H,4-7H2,1-3H3,(H,20,23)(H,21,22). The van der Waals surface area contributed by atoms with E-state index in [1.54, 1.807) is 26.8 Å². The van der Waals surface area contributed by atoms with Crippen molar-refractivity contribution >= 4 is 17.7 Å². The number of rotatable bonds is 3. The Morgan fingerprint density at radius 1 is 1.21 bits per heavy atom. The predicted octanol–water partition coefficient (Wildman–Crippen LogP) is 4.53. The average molecular weight is 337 g/mol. The number of ether oxygens (including phenoxy) is 1. The Kier molecular flexibility index (Phi) is 5.47. The van der Waals surface area contributed by atoms with Crippen LogP contribution in [0.25, 0.3) is 0 Å². The smallest absolute Gasteiger partial charge is 0.412 e. The summed E-state index contributed by atoms with van der Waals surface area (Å²) in [6.45, 7) is 5.21. The van der Waals surface area contributed by atoms with E-state index in [2.05, 4.69) is 5.32 Å². The number of carbonyl (C=O) groups is 2. The number of aliphatic carboxylic acids is 1. The summed E-state index contributed by atoms with van der Waals surface area (Å²) in [5.74, 6) is -1.40. The van der Waals surface area contributed by atoms with Gasteiger partial charge in [-0.2, -0.15) is 0 Å². The van der Waals surface area contributed by atoms with Crippen LogP contribution in [0.4, 0.5) is 14.9 Å². The molecular formula is C18H24FNO4. The van der Waals surface area contributed by atoms with E-state index in [1.165, 1.54) is 12.1 Å². The Hall–Kier alpha value is -2.11. The zero-order valence-electron chi connectivity index (χ0n) is 14.3. The molecule has 2 rings (SSSR count). The molecule has 1 aromatic rings. The first-order chi connectivity index (χ1) is 11.2. The number of benzene rings is 1. The van der Waals surface area contributed by atoms with Crippen LogP contribution in [-0.2, 0) is 9.53 Å². The fourth-order valence-electron chi connectivity index (χ4n) is 2.97. The molecule has 0 aliphatic heterocycles. The maximum atomic E-state index is 14.2. The van der Waals surface area contributed by atoms with Crippen molar-refractivity contribution in [3.8, 4) is 0 Å². The molecule has 132 valence electrons. The quantitative estimate of drug-likeness (QED) is 0.849. The molecule has 0 heterocycles. The van der Waals surface area contributed by atoms with Gasteiger partial charge < -0.3 is 9.84 Å². The second kappa shape index (κ2) is 7.20. The Bertz CT molecular complexity index is 616. The number of carbonyl (C=O) groups excluding carboxylic acids is 1. The van der Waals surface area contributed by atoms with Crippen LogP contribution in [0.5, 0.6) is 0 Å². The third-order valence-corrected chi connectivity index (χ3v) is 4.18. The van der Waals surface area contributed by atoms with Crippen LogP contribution in [0, 0.1) is 11.7 Å². The van der Waals surface area contributed by atoms with Crippen LogP contribution in [0.15, 0.2) is 18.2 Å². The predicted molar refractivity (Wildman–Crippen MR) is 88.6 cm³/mol. The first-order valence-corrected chi connectivity index (χ1v) is 8.18. The topological polar surface area (TPSA) is 75.6 Å². The zero-order chi connectivity index (χ0) is 17.9. The largest absolute Gasteiger partial charge is 0.481 e. The highest BCUT2D eigenvalue weighted by molar-refractivity contribution is 5.85. The number of carboxylic acids is 1. The molecule has 0 unspecified atom stereocenters. The molecule has 5 nitrogen and oxygen atoms in total. The van der Waals surface area contributed by atoms with Crippen molar-refractivity contribution in [3.63, 3.8) is 0 Å². The van der Waals surface area contributed by atoms with E-state index < -0.39 is 23.5 Å². The average Bonchev–Trinajstić information content (AvgIpc) is 2.47. The van der Waals surface area contributed by atoms with Crippen LogP contribution in [0.3, 0.4) is 0 Å². The summed E-state index contributed by atoms with van der Waals surface area (Å²) in [5.41, 5.74) is 0.266. The highest BCUT2D eigenvalue weighted by Crippen LogP contribution is 2.36. The Morgan fingerprint density at radius 3 is 2.33 bits per heavy atom. The molecule has 1 aliphatic carbocycles. The van der Waals surface area contributed by atoms with Gasteiger partial charge in [-0.1, -0.05) is 6.07 Å². The third kappa shape index (κ3) is 4.94. The van der Waals surface area contributed by atoms with Gasteiger partial charge in [0.2, 0.25) is 0 Å². The summed E-state index contributed by atoms with van der Waals surface area (Å²) in [6, 6.07) is 4.72. The lowest BCUT2D eigenvalue weighted by atomic mass is 9.79. The molecular weight excluding hydrogens is 313 g/mol. The molecule has 1 saturated carbocycles. The molecule has 0 spiro atoms. The minimum absolute atomic E-state index is 0.0761. The van der Waals surface area contributed by atoms with Crippen molar-refractivity contribution in [1.29, 1.82) is 0 Å². The normalized spacial score (nSPS) is 21.2. The van der Waals surface area contributed by atoms with Crippen LogP contribution < -0.4 is 5.32 Å². The number of nitrogens with one attached hydrogen (secondary N) is 1. The molecule has 1 aliphatic rings. The summed E-state index contributed by atoms with van der Waals surface area (Å²) in [6.07, 6.45) is 1.99. The van der Waals surface area contributed by atoms with Gasteiger partial charge in [0.05, 0.1) is 11.6 Å². The number of hydrogen-bond acceptors (Lipinski definition) is 3. The van der Waals surface area contributed by atoms with Gasteiger partial charge in [-0.25, -0.2) is 9.18 Å². The molecule has 1 fully saturated rings. The van der Waals surface area contributed by atoms with E-state index in [0.29, 0.717) is 12.8 Å². The number of halogens is 1. The summed E-state index contributed by atoms with van der Waals surface area (Å²) in [4.78, 5) is 22.7. The van der Waals surface area contributed by atoms with Crippen LogP contribution >= 0.6 is 0 Å². The monoisotopic (exact) mass is 337 g/mol. The highest BCUT2D eigenvalue weighted by atomic mass is 19.1. The van der Waals surface area contributed by atoms with Gasteiger partial charge in [-0.3, -0.25) is 10.1 Å². The van der Waals surface area contributed by atoms with Crippen molar-refractivity contribution in [1.82, 2.24) is 0 Å². The van der Waals surface area contributed by atoms with E-state index in [0.717, 1.165) is 18.4 Å². The van der Waals surface area contributed by atoms with Gasteiger partial charge in [-0.15, -0.1) is 0 Å². The lowest BCUT2D eigenvalue weighted by molar-refractivity contribution is -0.142. The highest BCUT2D eigenvalue weighted by Gasteiger charge is 2.27. The Morgan fingerprint density at radius 2 is 1.83 bits per heavy atom. The molecule has 2 N–H and O–H groups in total. The number of hydrogen-bond donors (Lipinski definition) is 2.